The third-order valence-electron chi connectivity index (χ3n) is 3.70. The van der Waals surface area contributed by atoms with Crippen molar-refractivity contribution in [2.45, 2.75) is 20.0 Å². The van der Waals surface area contributed by atoms with Gasteiger partial charge in [-0.15, -0.1) is 0 Å². The van der Waals surface area contributed by atoms with Gasteiger partial charge < -0.3 is 15.4 Å². The second-order valence-corrected chi connectivity index (χ2v) is 6.01. The second-order valence-electron chi connectivity index (χ2n) is 6.01. The Hall–Kier alpha value is -3.29. The Morgan fingerprint density at radius 2 is 1.79 bits per heavy atom. The van der Waals surface area contributed by atoms with E-state index in [1.54, 1.807) is 12.1 Å². The number of methoxy groups -OCH3 is 1. The minimum absolute atomic E-state index is 0.0159. The first kappa shape index (κ1) is 21.0. The van der Waals surface area contributed by atoms with Gasteiger partial charge >= 0.3 is 6.18 Å². The molecule has 0 saturated heterocycles. The molecule has 0 aliphatic heterocycles. The molecule has 0 aromatic heterocycles. The zero-order valence-corrected chi connectivity index (χ0v) is 15.5. The molecule has 0 radical (unpaired) electrons. The maximum absolute atomic E-state index is 13.3. The SMILES string of the molecule is COc1ccc(C)cc1/C=C/C(=O)Nc1ccc(NC(C)=O)cc1C(F)(F)F. The number of carbonyl (C=O) groups excluding carboxylic acids is 2. The lowest BCUT2D eigenvalue weighted by Gasteiger charge is -2.15. The van der Waals surface area contributed by atoms with Gasteiger partial charge in [0.2, 0.25) is 11.8 Å². The van der Waals surface area contributed by atoms with Gasteiger partial charge in [0.05, 0.1) is 18.4 Å². The van der Waals surface area contributed by atoms with E-state index in [0.29, 0.717) is 11.3 Å². The Labute approximate surface area is 160 Å². The standard InChI is InChI=1S/C20H19F3N2O3/c1-12-4-8-18(28-3)14(10-12)5-9-19(27)25-17-7-6-15(24-13(2)26)11-16(17)20(21,22)23/h4-11H,1-3H3,(H,24,26)(H,25,27)/b9-5+. The van der Waals surface area contributed by atoms with Crippen molar-refractivity contribution in [3.05, 3.63) is 59.2 Å². The minimum atomic E-state index is -4.71. The summed E-state index contributed by atoms with van der Waals surface area (Å²) in [5, 5.41) is 4.50. The van der Waals surface area contributed by atoms with Crippen LogP contribution < -0.4 is 15.4 Å². The molecule has 0 saturated carbocycles. The van der Waals surface area contributed by atoms with Crippen LogP contribution in [0.1, 0.15) is 23.6 Å². The molecule has 148 valence electrons. The van der Waals surface area contributed by atoms with Gasteiger partial charge in [0.25, 0.3) is 0 Å². The summed E-state index contributed by atoms with van der Waals surface area (Å²) < 4.78 is 45.1. The van der Waals surface area contributed by atoms with Crippen LogP contribution in [0.25, 0.3) is 6.08 Å². The minimum Gasteiger partial charge on any atom is -0.496 e. The van der Waals surface area contributed by atoms with Gasteiger partial charge in [0.15, 0.2) is 0 Å². The predicted molar refractivity (Wildman–Crippen MR) is 101 cm³/mol. The molecule has 8 heteroatoms. The fraction of sp³-hybridized carbons (Fsp3) is 0.200. The Kier molecular flexibility index (Phi) is 6.45. The predicted octanol–water partition coefficient (Wildman–Crippen LogP) is 4.63. The number of hydrogen-bond acceptors (Lipinski definition) is 3. The zero-order chi connectivity index (χ0) is 20.9. The summed E-state index contributed by atoms with van der Waals surface area (Å²) in [6.07, 6.45) is -2.13. The van der Waals surface area contributed by atoms with Crippen molar-refractivity contribution in [2.24, 2.45) is 0 Å². The van der Waals surface area contributed by atoms with Crippen LogP contribution in [0.15, 0.2) is 42.5 Å². The molecule has 0 unspecified atom stereocenters. The van der Waals surface area contributed by atoms with Crippen LogP contribution in [0.5, 0.6) is 5.75 Å². The Bertz CT molecular complexity index is 921. The summed E-state index contributed by atoms with van der Waals surface area (Å²) in [5.41, 5.74) is 0.0717. The number of benzene rings is 2. The maximum atomic E-state index is 13.3. The molecule has 0 heterocycles. The summed E-state index contributed by atoms with van der Waals surface area (Å²) in [4.78, 5) is 23.2. The molecule has 0 bridgehead atoms. The Morgan fingerprint density at radius 1 is 1.07 bits per heavy atom. The summed E-state index contributed by atoms with van der Waals surface area (Å²) in [6, 6.07) is 8.49. The highest BCUT2D eigenvalue weighted by Gasteiger charge is 2.34. The van der Waals surface area contributed by atoms with Crippen LogP contribution in [0, 0.1) is 6.92 Å². The van der Waals surface area contributed by atoms with Crippen LogP contribution in [-0.2, 0) is 15.8 Å². The largest absolute Gasteiger partial charge is 0.496 e. The Morgan fingerprint density at radius 3 is 2.39 bits per heavy atom. The number of rotatable bonds is 5. The first-order valence-electron chi connectivity index (χ1n) is 8.22. The van der Waals surface area contributed by atoms with Gasteiger partial charge in [-0.2, -0.15) is 13.2 Å². The first-order chi connectivity index (χ1) is 13.1. The molecule has 0 fully saturated rings. The van der Waals surface area contributed by atoms with Crippen molar-refractivity contribution < 1.29 is 27.5 Å². The molecule has 2 amide bonds. The highest BCUT2D eigenvalue weighted by atomic mass is 19.4. The summed E-state index contributed by atoms with van der Waals surface area (Å²) >= 11 is 0. The lowest BCUT2D eigenvalue weighted by atomic mass is 10.1. The van der Waals surface area contributed by atoms with Crippen molar-refractivity contribution in [2.75, 3.05) is 17.7 Å². The van der Waals surface area contributed by atoms with Crippen molar-refractivity contribution in [1.82, 2.24) is 0 Å². The Balaban J connectivity index is 2.26. The van der Waals surface area contributed by atoms with E-state index < -0.39 is 29.2 Å². The number of hydrogen-bond donors (Lipinski definition) is 2. The van der Waals surface area contributed by atoms with Gasteiger partial charge in [-0.3, -0.25) is 9.59 Å². The second kappa shape index (κ2) is 8.60. The van der Waals surface area contributed by atoms with E-state index >= 15 is 0 Å². The van der Waals surface area contributed by atoms with Crippen LogP contribution in [0.3, 0.4) is 0 Å². The lowest BCUT2D eigenvalue weighted by Crippen LogP contribution is -2.16. The molecule has 5 nitrogen and oxygen atoms in total. The number of alkyl halides is 3. The normalized spacial score (nSPS) is 11.4. The van der Waals surface area contributed by atoms with Crippen LogP contribution in [0.2, 0.25) is 0 Å². The first-order valence-corrected chi connectivity index (χ1v) is 8.22. The molecule has 2 rings (SSSR count). The fourth-order valence-electron chi connectivity index (χ4n) is 2.49. The molecular weight excluding hydrogens is 373 g/mol. The van der Waals surface area contributed by atoms with Crippen molar-refractivity contribution in [1.29, 1.82) is 0 Å². The quantitative estimate of drug-likeness (QED) is 0.729. The summed E-state index contributed by atoms with van der Waals surface area (Å²) in [5.74, 6) is -0.702. The number of aryl methyl sites for hydroxylation is 1. The van der Waals surface area contributed by atoms with Gasteiger partial charge in [-0.25, -0.2) is 0 Å². The average molecular weight is 392 g/mol. The van der Waals surface area contributed by atoms with E-state index in [1.165, 1.54) is 26.2 Å². The molecule has 0 aliphatic rings. The zero-order valence-electron chi connectivity index (χ0n) is 15.5. The van der Waals surface area contributed by atoms with Crippen molar-refractivity contribution in [3.63, 3.8) is 0 Å². The number of carbonyl (C=O) groups is 2. The summed E-state index contributed by atoms with van der Waals surface area (Å²) in [6.45, 7) is 3.05. The molecule has 0 atom stereocenters. The molecule has 2 aromatic rings. The number of nitrogens with one attached hydrogen (secondary N) is 2. The maximum Gasteiger partial charge on any atom is 0.418 e. The van der Waals surface area contributed by atoms with Gasteiger partial charge in [-0.1, -0.05) is 11.6 Å². The fourth-order valence-corrected chi connectivity index (χ4v) is 2.49. The number of amides is 2. The number of halogens is 3. The molecule has 28 heavy (non-hydrogen) atoms. The third-order valence-corrected chi connectivity index (χ3v) is 3.70. The molecule has 2 aromatic carbocycles. The molecule has 0 spiro atoms. The lowest BCUT2D eigenvalue weighted by molar-refractivity contribution is -0.137. The molecule has 2 N–H and O–H groups in total. The van der Waals surface area contributed by atoms with Gasteiger partial charge in [0, 0.05) is 24.3 Å². The average Bonchev–Trinajstić information content (AvgIpc) is 2.60. The number of anilines is 2. The van der Waals surface area contributed by atoms with E-state index in [0.717, 1.165) is 23.8 Å². The summed E-state index contributed by atoms with van der Waals surface area (Å²) in [7, 11) is 1.48. The van der Waals surface area contributed by atoms with E-state index in [4.69, 9.17) is 4.74 Å². The van der Waals surface area contributed by atoms with Crippen LogP contribution >= 0.6 is 0 Å². The number of ether oxygens (including phenoxy) is 1. The topological polar surface area (TPSA) is 67.4 Å². The highest BCUT2D eigenvalue weighted by molar-refractivity contribution is 6.03. The van der Waals surface area contributed by atoms with E-state index in [1.807, 2.05) is 13.0 Å². The van der Waals surface area contributed by atoms with Crippen molar-refractivity contribution >= 4 is 29.3 Å². The van der Waals surface area contributed by atoms with E-state index in [9.17, 15) is 22.8 Å². The molecule has 0 aliphatic carbocycles. The smallest absolute Gasteiger partial charge is 0.418 e. The molecular formula is C20H19F3N2O3. The van der Waals surface area contributed by atoms with Crippen molar-refractivity contribution in [3.8, 4) is 5.75 Å². The van der Waals surface area contributed by atoms with Crippen LogP contribution in [-0.4, -0.2) is 18.9 Å². The third kappa shape index (κ3) is 5.60. The van der Waals surface area contributed by atoms with Gasteiger partial charge in [0.1, 0.15) is 5.75 Å². The monoisotopic (exact) mass is 392 g/mol. The van der Waals surface area contributed by atoms with E-state index in [2.05, 4.69) is 10.6 Å². The van der Waals surface area contributed by atoms with Crippen LogP contribution in [0.4, 0.5) is 24.5 Å². The van der Waals surface area contributed by atoms with E-state index in [-0.39, 0.29) is 5.69 Å². The highest BCUT2D eigenvalue weighted by Crippen LogP contribution is 2.36. The van der Waals surface area contributed by atoms with Gasteiger partial charge in [-0.05, 0) is 43.3 Å².